The number of benzene rings is 1. The number of aryl methyl sites for hydroxylation is 2. The Labute approximate surface area is 112 Å². The zero-order chi connectivity index (χ0) is 12.5. The number of rotatable bonds is 2. The van der Waals surface area contributed by atoms with Crippen molar-refractivity contribution in [1.82, 2.24) is 4.98 Å². The summed E-state index contributed by atoms with van der Waals surface area (Å²) >= 11 is 1.80. The van der Waals surface area contributed by atoms with E-state index in [-0.39, 0.29) is 0 Å². The maximum absolute atomic E-state index is 5.74. The quantitative estimate of drug-likeness (QED) is 0.898. The zero-order valence-corrected chi connectivity index (χ0v) is 11.5. The van der Waals surface area contributed by atoms with Gasteiger partial charge in [0.1, 0.15) is 0 Å². The van der Waals surface area contributed by atoms with E-state index in [2.05, 4.69) is 31.2 Å². The van der Waals surface area contributed by atoms with Crippen LogP contribution < -0.4 is 5.73 Å². The summed E-state index contributed by atoms with van der Waals surface area (Å²) in [5.41, 5.74) is 9.87. The molecule has 1 aliphatic carbocycles. The van der Waals surface area contributed by atoms with E-state index in [4.69, 9.17) is 10.7 Å². The average molecular weight is 258 g/mol. The Morgan fingerprint density at radius 1 is 1.33 bits per heavy atom. The van der Waals surface area contributed by atoms with Crippen molar-refractivity contribution >= 4 is 11.3 Å². The lowest BCUT2D eigenvalue weighted by molar-refractivity contribution is 0.581. The topological polar surface area (TPSA) is 38.9 Å². The lowest BCUT2D eigenvalue weighted by Crippen LogP contribution is -2.12. The van der Waals surface area contributed by atoms with Crippen LogP contribution in [0.4, 0.5) is 0 Å². The first-order valence-electron chi connectivity index (χ1n) is 6.51. The van der Waals surface area contributed by atoms with Crippen molar-refractivity contribution in [2.75, 3.05) is 0 Å². The molecule has 0 fully saturated rings. The maximum Gasteiger partial charge on any atom is 0.0965 e. The molecule has 3 heteroatoms. The molecule has 18 heavy (non-hydrogen) atoms. The summed E-state index contributed by atoms with van der Waals surface area (Å²) in [6.07, 6.45) is 3.53. The van der Waals surface area contributed by atoms with Crippen LogP contribution in [0.2, 0.25) is 0 Å². The van der Waals surface area contributed by atoms with Crippen LogP contribution in [0, 0.1) is 6.92 Å². The highest BCUT2D eigenvalue weighted by atomic mass is 32.1. The highest BCUT2D eigenvalue weighted by molar-refractivity contribution is 7.11. The van der Waals surface area contributed by atoms with E-state index in [1.165, 1.54) is 33.9 Å². The molecule has 0 spiro atoms. The van der Waals surface area contributed by atoms with Gasteiger partial charge in [-0.1, -0.05) is 24.3 Å². The van der Waals surface area contributed by atoms with Gasteiger partial charge >= 0.3 is 0 Å². The molecule has 1 aliphatic rings. The van der Waals surface area contributed by atoms with E-state index in [9.17, 15) is 0 Å². The van der Waals surface area contributed by atoms with Gasteiger partial charge in [-0.25, -0.2) is 4.98 Å². The first-order chi connectivity index (χ1) is 8.78. The van der Waals surface area contributed by atoms with Crippen LogP contribution >= 0.6 is 11.3 Å². The second-order valence-corrected chi connectivity index (χ2v) is 6.09. The lowest BCUT2D eigenvalue weighted by atomic mass is 9.84. The van der Waals surface area contributed by atoms with Gasteiger partial charge in [0.2, 0.25) is 0 Å². The van der Waals surface area contributed by atoms with Gasteiger partial charge in [0.05, 0.1) is 10.7 Å². The van der Waals surface area contributed by atoms with Crippen LogP contribution in [0.1, 0.15) is 39.0 Å². The van der Waals surface area contributed by atoms with Gasteiger partial charge in [-0.3, -0.25) is 0 Å². The van der Waals surface area contributed by atoms with Crippen molar-refractivity contribution < 1.29 is 0 Å². The second kappa shape index (κ2) is 4.82. The largest absolute Gasteiger partial charge is 0.326 e. The summed E-state index contributed by atoms with van der Waals surface area (Å²) in [5.74, 6) is 0.587. The van der Waals surface area contributed by atoms with Crippen molar-refractivity contribution in [1.29, 1.82) is 0 Å². The summed E-state index contributed by atoms with van der Waals surface area (Å²) in [5, 5.41) is 1.28. The Balaban J connectivity index is 1.87. The molecule has 1 unspecified atom stereocenters. The number of hydrogen-bond donors (Lipinski definition) is 1. The van der Waals surface area contributed by atoms with Gasteiger partial charge in [0, 0.05) is 17.3 Å². The van der Waals surface area contributed by atoms with E-state index in [0.717, 1.165) is 12.1 Å². The van der Waals surface area contributed by atoms with Crippen LogP contribution in [0.15, 0.2) is 24.3 Å². The first kappa shape index (κ1) is 11.9. The lowest BCUT2D eigenvalue weighted by Gasteiger charge is -2.22. The molecular weight excluding hydrogens is 240 g/mol. The molecule has 2 N–H and O–H groups in total. The molecule has 1 heterocycles. The third-order valence-electron chi connectivity index (χ3n) is 3.79. The number of nitrogens with zero attached hydrogens (tertiary/aromatic N) is 1. The Morgan fingerprint density at radius 2 is 2.11 bits per heavy atom. The van der Waals surface area contributed by atoms with E-state index in [1.54, 1.807) is 11.3 Å². The first-order valence-corrected chi connectivity index (χ1v) is 7.32. The smallest absolute Gasteiger partial charge is 0.0965 e. The third kappa shape index (κ3) is 2.08. The normalized spacial score (nSPS) is 18.7. The summed E-state index contributed by atoms with van der Waals surface area (Å²) in [7, 11) is 0. The Morgan fingerprint density at radius 3 is 2.83 bits per heavy atom. The SMILES string of the molecule is Cc1nc(C2CCc3ccccc3C2)sc1CN. The van der Waals surface area contributed by atoms with Crippen LogP contribution in [0.3, 0.4) is 0 Å². The predicted octanol–water partition coefficient (Wildman–Crippen LogP) is 3.18. The summed E-state index contributed by atoms with van der Waals surface area (Å²) < 4.78 is 0. The van der Waals surface area contributed by atoms with E-state index < -0.39 is 0 Å². The molecule has 0 saturated heterocycles. The highest BCUT2D eigenvalue weighted by Gasteiger charge is 2.23. The Hall–Kier alpha value is -1.19. The molecule has 1 aromatic carbocycles. The van der Waals surface area contributed by atoms with Gasteiger partial charge in [0.25, 0.3) is 0 Å². The van der Waals surface area contributed by atoms with Crippen molar-refractivity contribution in [3.63, 3.8) is 0 Å². The van der Waals surface area contributed by atoms with Crippen molar-refractivity contribution in [2.45, 2.75) is 38.6 Å². The molecule has 3 rings (SSSR count). The standard InChI is InChI=1S/C15H18N2S/c1-10-14(9-16)18-15(17-10)13-7-6-11-4-2-3-5-12(11)8-13/h2-5,13H,6-9,16H2,1H3. The van der Waals surface area contributed by atoms with Gasteiger partial charge in [0.15, 0.2) is 0 Å². The summed E-state index contributed by atoms with van der Waals surface area (Å²) in [4.78, 5) is 5.96. The molecule has 0 saturated carbocycles. The minimum atomic E-state index is 0.587. The Kier molecular flexibility index (Phi) is 3.18. The summed E-state index contributed by atoms with van der Waals surface area (Å²) in [6.45, 7) is 2.69. The minimum Gasteiger partial charge on any atom is -0.326 e. The molecule has 0 amide bonds. The van der Waals surface area contributed by atoms with Crippen molar-refractivity contribution in [2.24, 2.45) is 5.73 Å². The van der Waals surface area contributed by atoms with Crippen LogP contribution in [-0.4, -0.2) is 4.98 Å². The number of fused-ring (bicyclic) bond motifs is 1. The van der Waals surface area contributed by atoms with Gasteiger partial charge in [-0.15, -0.1) is 11.3 Å². The fourth-order valence-corrected chi connectivity index (χ4v) is 3.80. The second-order valence-electron chi connectivity index (χ2n) is 4.97. The fraction of sp³-hybridized carbons (Fsp3) is 0.400. The van der Waals surface area contributed by atoms with Gasteiger partial charge in [-0.2, -0.15) is 0 Å². The molecule has 94 valence electrons. The molecule has 0 radical (unpaired) electrons. The molecule has 1 aromatic heterocycles. The third-order valence-corrected chi connectivity index (χ3v) is 5.13. The minimum absolute atomic E-state index is 0.587. The van der Waals surface area contributed by atoms with Crippen molar-refractivity contribution in [3.05, 3.63) is 51.0 Å². The van der Waals surface area contributed by atoms with E-state index in [1.807, 2.05) is 0 Å². The predicted molar refractivity (Wildman–Crippen MR) is 76.0 cm³/mol. The maximum atomic E-state index is 5.74. The Bertz CT molecular complexity index is 559. The van der Waals surface area contributed by atoms with Crippen molar-refractivity contribution in [3.8, 4) is 0 Å². The number of nitrogens with two attached hydrogens (primary N) is 1. The summed E-state index contributed by atoms with van der Waals surface area (Å²) in [6, 6.07) is 8.79. The van der Waals surface area contributed by atoms with Gasteiger partial charge in [-0.05, 0) is 37.3 Å². The molecule has 2 nitrogen and oxygen atoms in total. The highest BCUT2D eigenvalue weighted by Crippen LogP contribution is 2.35. The molecule has 0 bridgehead atoms. The van der Waals surface area contributed by atoms with Gasteiger partial charge < -0.3 is 5.73 Å². The molecule has 1 atom stereocenters. The molecule has 2 aromatic rings. The monoisotopic (exact) mass is 258 g/mol. The zero-order valence-electron chi connectivity index (χ0n) is 10.6. The molecular formula is C15H18N2S. The average Bonchev–Trinajstić information content (AvgIpc) is 2.79. The molecule has 0 aliphatic heterocycles. The van der Waals surface area contributed by atoms with Crippen LogP contribution in [0.25, 0.3) is 0 Å². The number of aromatic nitrogens is 1. The van der Waals surface area contributed by atoms with Crippen LogP contribution in [-0.2, 0) is 19.4 Å². The number of hydrogen-bond acceptors (Lipinski definition) is 3. The van der Waals surface area contributed by atoms with E-state index >= 15 is 0 Å². The number of thiazole rings is 1. The van der Waals surface area contributed by atoms with E-state index in [0.29, 0.717) is 12.5 Å². The fourth-order valence-electron chi connectivity index (χ4n) is 2.72. The van der Waals surface area contributed by atoms with Crippen LogP contribution in [0.5, 0.6) is 0 Å².